The topological polar surface area (TPSA) is 55.1 Å². The molecule has 1 N–H and O–H groups in total. The number of thiophene rings is 1. The number of alkyl halides is 3. The van der Waals surface area contributed by atoms with Crippen molar-refractivity contribution in [1.82, 2.24) is 4.98 Å². The monoisotopic (exact) mass is 410 g/mol. The Morgan fingerprint density at radius 3 is 2.74 bits per heavy atom. The summed E-state index contributed by atoms with van der Waals surface area (Å²) < 4.78 is 44.3. The zero-order valence-electron chi connectivity index (χ0n) is 13.6. The number of halogens is 4. The molecule has 138 valence electrons. The molecule has 0 atom stereocenters. The second-order valence-electron chi connectivity index (χ2n) is 5.82. The van der Waals surface area contributed by atoms with Gasteiger partial charge in [-0.3, -0.25) is 4.79 Å². The van der Waals surface area contributed by atoms with E-state index in [4.69, 9.17) is 16.0 Å². The van der Waals surface area contributed by atoms with Crippen LogP contribution in [-0.4, -0.2) is 10.9 Å². The van der Waals surface area contributed by atoms with Crippen LogP contribution in [0.2, 0.25) is 5.02 Å². The smallest absolute Gasteiger partial charge is 0.416 e. The van der Waals surface area contributed by atoms with Crippen LogP contribution in [0.15, 0.2) is 40.8 Å². The molecule has 4 rings (SSSR count). The molecule has 2 aromatic heterocycles. The van der Waals surface area contributed by atoms with Gasteiger partial charge in [-0.2, -0.15) is 13.2 Å². The summed E-state index contributed by atoms with van der Waals surface area (Å²) in [6, 6.07) is 8.19. The summed E-state index contributed by atoms with van der Waals surface area (Å²) >= 11 is 7.13. The average molecular weight is 411 g/mol. The molecule has 0 saturated heterocycles. The zero-order valence-corrected chi connectivity index (χ0v) is 15.2. The van der Waals surface area contributed by atoms with Crippen molar-refractivity contribution in [2.45, 2.75) is 13.1 Å². The summed E-state index contributed by atoms with van der Waals surface area (Å²) in [5.74, 6) is -0.00755. The van der Waals surface area contributed by atoms with Crippen LogP contribution in [0.1, 0.15) is 21.1 Å². The van der Waals surface area contributed by atoms with Gasteiger partial charge in [0.25, 0.3) is 5.91 Å². The summed E-state index contributed by atoms with van der Waals surface area (Å²) in [6.45, 7) is 1.71. The van der Waals surface area contributed by atoms with E-state index in [1.54, 1.807) is 25.1 Å². The number of nitrogens with one attached hydrogen (secondary N) is 1. The van der Waals surface area contributed by atoms with Crippen molar-refractivity contribution < 1.29 is 22.4 Å². The number of carbonyl (C=O) groups excluding carboxylic acids is 1. The fraction of sp³-hybridized carbons (Fsp3) is 0.111. The Morgan fingerprint density at radius 2 is 2.00 bits per heavy atom. The number of fused-ring (bicyclic) bond motifs is 2. The van der Waals surface area contributed by atoms with E-state index in [0.29, 0.717) is 32.8 Å². The lowest BCUT2D eigenvalue weighted by Crippen LogP contribution is -2.10. The van der Waals surface area contributed by atoms with Gasteiger partial charge in [0, 0.05) is 28.8 Å². The first-order valence-corrected chi connectivity index (χ1v) is 8.89. The van der Waals surface area contributed by atoms with Crippen molar-refractivity contribution in [3.8, 4) is 0 Å². The number of aryl methyl sites for hydroxylation is 1. The predicted molar refractivity (Wildman–Crippen MR) is 98.5 cm³/mol. The van der Waals surface area contributed by atoms with Gasteiger partial charge < -0.3 is 9.73 Å². The highest BCUT2D eigenvalue weighted by molar-refractivity contribution is 7.21. The minimum atomic E-state index is -4.46. The van der Waals surface area contributed by atoms with E-state index in [1.807, 2.05) is 0 Å². The Morgan fingerprint density at radius 1 is 1.22 bits per heavy atom. The lowest BCUT2D eigenvalue weighted by atomic mass is 10.1. The average Bonchev–Trinajstić information content (AvgIpc) is 3.12. The molecule has 9 heteroatoms. The lowest BCUT2D eigenvalue weighted by molar-refractivity contribution is -0.137. The molecule has 0 saturated carbocycles. The minimum absolute atomic E-state index is 0.123. The maximum Gasteiger partial charge on any atom is 0.416 e. The van der Waals surface area contributed by atoms with Gasteiger partial charge in [0.1, 0.15) is 10.4 Å². The fourth-order valence-electron chi connectivity index (χ4n) is 2.69. The van der Waals surface area contributed by atoms with Crippen molar-refractivity contribution in [3.05, 3.63) is 57.8 Å². The molecule has 2 heterocycles. The zero-order chi connectivity index (χ0) is 19.3. The van der Waals surface area contributed by atoms with Crippen LogP contribution in [0.25, 0.3) is 21.2 Å². The largest absolute Gasteiger partial charge is 0.441 e. The maximum absolute atomic E-state index is 12.9. The van der Waals surface area contributed by atoms with Crippen molar-refractivity contribution in [3.63, 3.8) is 0 Å². The van der Waals surface area contributed by atoms with Crippen LogP contribution in [0.5, 0.6) is 0 Å². The second kappa shape index (κ2) is 6.24. The van der Waals surface area contributed by atoms with Crippen LogP contribution >= 0.6 is 22.9 Å². The first kappa shape index (κ1) is 17.8. The van der Waals surface area contributed by atoms with Crippen molar-refractivity contribution in [1.29, 1.82) is 0 Å². The van der Waals surface area contributed by atoms with E-state index >= 15 is 0 Å². The van der Waals surface area contributed by atoms with Crippen LogP contribution in [0, 0.1) is 6.92 Å². The number of anilines is 1. The fourth-order valence-corrected chi connectivity index (χ4v) is 4.14. The van der Waals surface area contributed by atoms with E-state index in [2.05, 4.69) is 10.3 Å². The van der Waals surface area contributed by atoms with Gasteiger partial charge in [0.15, 0.2) is 11.5 Å². The molecule has 0 aliphatic carbocycles. The van der Waals surface area contributed by atoms with Crippen LogP contribution in [-0.2, 0) is 6.18 Å². The summed E-state index contributed by atoms with van der Waals surface area (Å²) in [4.78, 5) is 16.9. The summed E-state index contributed by atoms with van der Waals surface area (Å²) in [5.41, 5.74) is 0.854. The van der Waals surface area contributed by atoms with Gasteiger partial charge >= 0.3 is 6.18 Å². The van der Waals surface area contributed by atoms with E-state index in [0.717, 1.165) is 23.5 Å². The third kappa shape index (κ3) is 3.26. The number of nitrogens with zero attached hydrogens (tertiary/aromatic N) is 1. The van der Waals surface area contributed by atoms with Gasteiger partial charge in [-0.05, 0) is 24.3 Å². The Labute approximate surface area is 159 Å². The molecule has 2 aromatic carbocycles. The van der Waals surface area contributed by atoms with E-state index in [1.165, 1.54) is 6.07 Å². The highest BCUT2D eigenvalue weighted by atomic mass is 35.5. The lowest BCUT2D eigenvalue weighted by Gasteiger charge is -2.05. The number of carbonyl (C=O) groups is 1. The van der Waals surface area contributed by atoms with Gasteiger partial charge in [0.2, 0.25) is 0 Å². The SMILES string of the molecule is Cc1nc2ccc(NC(=O)c3sc4cc(C(F)(F)F)ccc4c3Cl)cc2o1. The molecule has 4 nitrogen and oxygen atoms in total. The second-order valence-corrected chi connectivity index (χ2v) is 7.25. The molecule has 0 bridgehead atoms. The van der Waals surface area contributed by atoms with E-state index < -0.39 is 17.6 Å². The number of oxazole rings is 1. The Bertz CT molecular complexity index is 1200. The third-order valence-corrected chi connectivity index (χ3v) is 5.57. The number of rotatable bonds is 2. The molecule has 0 fully saturated rings. The Kier molecular flexibility index (Phi) is 4.12. The minimum Gasteiger partial charge on any atom is -0.441 e. The summed E-state index contributed by atoms with van der Waals surface area (Å²) in [6.07, 6.45) is -4.46. The molecule has 1 amide bonds. The van der Waals surface area contributed by atoms with Crippen LogP contribution in [0.3, 0.4) is 0 Å². The maximum atomic E-state index is 12.9. The van der Waals surface area contributed by atoms with Crippen LogP contribution < -0.4 is 5.32 Å². The molecule has 0 radical (unpaired) electrons. The number of benzene rings is 2. The molecule has 0 unspecified atom stereocenters. The summed E-state index contributed by atoms with van der Waals surface area (Å²) in [5, 5.41) is 3.21. The van der Waals surface area contributed by atoms with Crippen molar-refractivity contribution in [2.75, 3.05) is 5.32 Å². The highest BCUT2D eigenvalue weighted by Crippen LogP contribution is 2.39. The molecule has 0 aliphatic heterocycles. The van der Waals surface area contributed by atoms with Gasteiger partial charge in [-0.1, -0.05) is 17.7 Å². The molecule has 27 heavy (non-hydrogen) atoms. The molecular formula is C18H10ClF3N2O2S. The van der Waals surface area contributed by atoms with Crippen molar-refractivity contribution >= 4 is 55.7 Å². The van der Waals surface area contributed by atoms with E-state index in [-0.39, 0.29) is 9.90 Å². The Hall–Kier alpha value is -2.58. The molecule has 4 aromatic rings. The number of amides is 1. The standard InChI is InChI=1S/C18H10ClF3N2O2S/c1-8-23-12-5-3-10(7-13(12)26-8)24-17(25)16-15(19)11-4-2-9(18(20,21)22)6-14(11)27-16/h2-7H,1H3,(H,24,25). The molecular weight excluding hydrogens is 401 g/mol. The van der Waals surface area contributed by atoms with Crippen molar-refractivity contribution in [2.24, 2.45) is 0 Å². The van der Waals surface area contributed by atoms with Gasteiger partial charge in [-0.15, -0.1) is 11.3 Å². The quantitative estimate of drug-likeness (QED) is 0.423. The predicted octanol–water partition coefficient (Wildman–Crippen LogP) is 6.28. The summed E-state index contributed by atoms with van der Waals surface area (Å²) in [7, 11) is 0. The molecule has 0 aliphatic rings. The first-order valence-electron chi connectivity index (χ1n) is 7.70. The normalized spacial score (nSPS) is 12.0. The first-order chi connectivity index (χ1) is 12.7. The number of aromatic nitrogens is 1. The highest BCUT2D eigenvalue weighted by Gasteiger charge is 2.31. The van der Waals surface area contributed by atoms with Crippen LogP contribution in [0.4, 0.5) is 18.9 Å². The number of hydrogen-bond donors (Lipinski definition) is 1. The van der Waals surface area contributed by atoms with Gasteiger partial charge in [0.05, 0.1) is 10.6 Å². The Balaban J connectivity index is 1.67. The molecule has 0 spiro atoms. The third-order valence-electron chi connectivity index (χ3n) is 3.92. The number of hydrogen-bond acceptors (Lipinski definition) is 4. The van der Waals surface area contributed by atoms with Gasteiger partial charge in [-0.25, -0.2) is 4.98 Å². The van der Waals surface area contributed by atoms with E-state index in [9.17, 15) is 18.0 Å².